The lowest BCUT2D eigenvalue weighted by atomic mass is 9.78. The number of Topliss-reactive ketones (excluding diaryl/α,β-unsaturated/α-hetero) is 1. The topological polar surface area (TPSA) is 47.8 Å². The number of rotatable bonds is 1. The van der Waals surface area contributed by atoms with Crippen LogP contribution in [0.2, 0.25) is 0 Å². The molecule has 2 atom stereocenters. The zero-order valence-corrected chi connectivity index (χ0v) is 8.60. The van der Waals surface area contributed by atoms with E-state index < -0.39 is 0 Å². The van der Waals surface area contributed by atoms with Crippen LogP contribution in [-0.2, 0) is 11.8 Å². The molecule has 0 saturated heterocycles. The van der Waals surface area contributed by atoms with E-state index >= 15 is 0 Å². The lowest BCUT2D eigenvalue weighted by Gasteiger charge is -2.25. The van der Waals surface area contributed by atoms with Gasteiger partial charge in [0, 0.05) is 25.8 Å². The Morgan fingerprint density at radius 2 is 2.36 bits per heavy atom. The van der Waals surface area contributed by atoms with E-state index in [1.54, 1.807) is 18.0 Å². The molecule has 14 heavy (non-hydrogen) atoms. The average Bonchev–Trinajstić information content (AvgIpc) is 2.56. The monoisotopic (exact) mass is 193 g/mol. The van der Waals surface area contributed by atoms with Crippen LogP contribution in [0.1, 0.15) is 37.8 Å². The molecule has 1 aliphatic carbocycles. The number of carbonyl (C=O) groups is 1. The highest BCUT2D eigenvalue weighted by Crippen LogP contribution is 2.34. The zero-order chi connectivity index (χ0) is 10.1. The minimum atomic E-state index is 0.282. The van der Waals surface area contributed by atoms with Gasteiger partial charge in [-0.1, -0.05) is 6.92 Å². The predicted molar refractivity (Wildman–Crippen MR) is 51.8 cm³/mol. The number of hydrogen-bond acceptors (Lipinski definition) is 3. The Labute approximate surface area is 83.3 Å². The summed E-state index contributed by atoms with van der Waals surface area (Å²) in [5.74, 6) is 1.19. The molecule has 0 N–H and O–H groups in total. The number of nitrogens with zero attached hydrogens (tertiary/aromatic N) is 3. The van der Waals surface area contributed by atoms with Crippen LogP contribution in [0, 0.1) is 5.92 Å². The summed E-state index contributed by atoms with van der Waals surface area (Å²) in [5, 5.41) is 8.32. The van der Waals surface area contributed by atoms with Crippen molar-refractivity contribution in [3.63, 3.8) is 0 Å². The van der Waals surface area contributed by atoms with Gasteiger partial charge in [-0.3, -0.25) is 4.79 Å². The van der Waals surface area contributed by atoms with Crippen LogP contribution in [0.3, 0.4) is 0 Å². The number of ketones is 1. The molecule has 0 spiro atoms. The van der Waals surface area contributed by atoms with Crippen LogP contribution in [0.15, 0.2) is 6.20 Å². The number of hydrogen-bond donors (Lipinski definition) is 0. The fourth-order valence-electron chi connectivity index (χ4n) is 2.07. The summed E-state index contributed by atoms with van der Waals surface area (Å²) >= 11 is 0. The zero-order valence-electron chi connectivity index (χ0n) is 8.60. The van der Waals surface area contributed by atoms with Gasteiger partial charge in [0.15, 0.2) is 0 Å². The van der Waals surface area contributed by atoms with Crippen molar-refractivity contribution in [3.05, 3.63) is 11.9 Å². The second-order valence-corrected chi connectivity index (χ2v) is 4.12. The normalized spacial score (nSPS) is 28.0. The fourth-order valence-corrected chi connectivity index (χ4v) is 2.07. The van der Waals surface area contributed by atoms with E-state index in [1.807, 2.05) is 0 Å². The summed E-state index contributed by atoms with van der Waals surface area (Å²) in [7, 11) is 1.80. The molecule has 2 unspecified atom stereocenters. The van der Waals surface area contributed by atoms with Crippen LogP contribution in [0.25, 0.3) is 0 Å². The largest absolute Gasteiger partial charge is 0.300 e. The highest BCUT2D eigenvalue weighted by Gasteiger charge is 2.29. The summed E-state index contributed by atoms with van der Waals surface area (Å²) < 4.78 is 0. The van der Waals surface area contributed by atoms with Crippen molar-refractivity contribution >= 4 is 5.78 Å². The van der Waals surface area contributed by atoms with Crippen molar-refractivity contribution in [2.24, 2.45) is 13.0 Å². The van der Waals surface area contributed by atoms with Crippen molar-refractivity contribution in [2.45, 2.75) is 32.1 Å². The first-order chi connectivity index (χ1) is 6.66. The molecule has 0 aromatic carbocycles. The fraction of sp³-hybridized carbons (Fsp3) is 0.700. The molecule has 1 aromatic rings. The first kappa shape index (κ1) is 9.37. The highest BCUT2D eigenvalue weighted by molar-refractivity contribution is 5.80. The highest BCUT2D eigenvalue weighted by atomic mass is 16.1. The molecule has 0 bridgehead atoms. The SMILES string of the molecule is CC1CCC(=O)CC1c1cnn(C)n1. The summed E-state index contributed by atoms with van der Waals surface area (Å²) in [6.45, 7) is 2.19. The van der Waals surface area contributed by atoms with E-state index in [4.69, 9.17) is 0 Å². The van der Waals surface area contributed by atoms with Crippen molar-refractivity contribution in [2.75, 3.05) is 0 Å². The summed E-state index contributed by atoms with van der Waals surface area (Å²) in [6, 6.07) is 0. The summed E-state index contributed by atoms with van der Waals surface area (Å²) in [4.78, 5) is 12.9. The maximum Gasteiger partial charge on any atom is 0.133 e. The molecular formula is C10H15N3O. The average molecular weight is 193 g/mol. The maximum absolute atomic E-state index is 11.3. The van der Waals surface area contributed by atoms with Crippen LogP contribution >= 0.6 is 0 Å². The molecular weight excluding hydrogens is 178 g/mol. The summed E-state index contributed by atoms with van der Waals surface area (Å²) in [5.41, 5.74) is 0.966. The van der Waals surface area contributed by atoms with Crippen LogP contribution in [0.5, 0.6) is 0 Å². The Balaban J connectivity index is 2.19. The Kier molecular flexibility index (Phi) is 2.35. The van der Waals surface area contributed by atoms with Gasteiger partial charge >= 0.3 is 0 Å². The maximum atomic E-state index is 11.3. The van der Waals surface area contributed by atoms with E-state index in [1.165, 1.54) is 0 Å². The van der Waals surface area contributed by atoms with Crippen LogP contribution in [-0.4, -0.2) is 20.8 Å². The minimum absolute atomic E-state index is 0.282. The lowest BCUT2D eigenvalue weighted by molar-refractivity contribution is -0.121. The Bertz CT molecular complexity index is 345. The molecule has 1 aromatic heterocycles. The summed E-state index contributed by atoms with van der Waals surface area (Å²) in [6.07, 6.45) is 4.14. The second-order valence-electron chi connectivity index (χ2n) is 4.12. The Morgan fingerprint density at radius 3 is 3.00 bits per heavy atom. The van der Waals surface area contributed by atoms with E-state index in [9.17, 15) is 4.79 Å². The van der Waals surface area contributed by atoms with Crippen molar-refractivity contribution < 1.29 is 4.79 Å². The van der Waals surface area contributed by atoms with Gasteiger partial charge in [0.25, 0.3) is 0 Å². The molecule has 0 amide bonds. The molecule has 1 aliphatic rings. The molecule has 4 nitrogen and oxygen atoms in total. The van der Waals surface area contributed by atoms with Crippen molar-refractivity contribution in [1.82, 2.24) is 15.0 Å². The smallest absolute Gasteiger partial charge is 0.133 e. The van der Waals surface area contributed by atoms with Crippen molar-refractivity contribution in [1.29, 1.82) is 0 Å². The number of aryl methyl sites for hydroxylation is 1. The first-order valence-corrected chi connectivity index (χ1v) is 5.04. The molecule has 0 radical (unpaired) electrons. The van der Waals surface area contributed by atoms with Crippen molar-refractivity contribution in [3.8, 4) is 0 Å². The third kappa shape index (κ3) is 1.69. The molecule has 1 saturated carbocycles. The number of aromatic nitrogens is 3. The molecule has 0 aliphatic heterocycles. The van der Waals surface area contributed by atoms with Gasteiger partial charge in [0.05, 0.1) is 11.9 Å². The van der Waals surface area contributed by atoms with Gasteiger partial charge in [-0.25, -0.2) is 0 Å². The third-order valence-corrected chi connectivity index (χ3v) is 3.01. The Hall–Kier alpha value is -1.19. The third-order valence-electron chi connectivity index (χ3n) is 3.01. The quantitative estimate of drug-likeness (QED) is 0.675. The van der Waals surface area contributed by atoms with E-state index in [2.05, 4.69) is 17.1 Å². The minimum Gasteiger partial charge on any atom is -0.300 e. The molecule has 1 fully saturated rings. The van der Waals surface area contributed by atoms with E-state index in [0.717, 1.165) is 18.5 Å². The van der Waals surface area contributed by atoms with Gasteiger partial charge in [0.2, 0.25) is 0 Å². The lowest BCUT2D eigenvalue weighted by Crippen LogP contribution is -2.21. The van der Waals surface area contributed by atoms with Gasteiger partial charge < -0.3 is 0 Å². The van der Waals surface area contributed by atoms with E-state index in [0.29, 0.717) is 18.1 Å². The standard InChI is InChI=1S/C10H15N3O/c1-7-3-4-8(14)5-9(7)10-6-11-13(2)12-10/h6-7,9H,3-5H2,1-2H3. The molecule has 2 rings (SSSR count). The molecule has 4 heteroatoms. The van der Waals surface area contributed by atoms with E-state index in [-0.39, 0.29) is 5.92 Å². The first-order valence-electron chi connectivity index (χ1n) is 5.04. The molecule has 1 heterocycles. The molecule has 76 valence electrons. The predicted octanol–water partition coefficient (Wildman–Crippen LogP) is 1.29. The van der Waals surface area contributed by atoms with Crippen LogP contribution < -0.4 is 0 Å². The number of carbonyl (C=O) groups excluding carboxylic acids is 1. The van der Waals surface area contributed by atoms with Crippen LogP contribution in [0.4, 0.5) is 0 Å². The second kappa shape index (κ2) is 3.52. The van der Waals surface area contributed by atoms with Gasteiger partial charge in [-0.2, -0.15) is 15.0 Å². The van der Waals surface area contributed by atoms with Gasteiger partial charge in [-0.15, -0.1) is 0 Å². The Morgan fingerprint density at radius 1 is 1.57 bits per heavy atom. The van der Waals surface area contributed by atoms with Gasteiger partial charge in [-0.05, 0) is 12.3 Å². The van der Waals surface area contributed by atoms with Gasteiger partial charge in [0.1, 0.15) is 5.78 Å².